The van der Waals surface area contributed by atoms with Crippen LogP contribution in [0.4, 0.5) is 0 Å². The van der Waals surface area contributed by atoms with Crippen molar-refractivity contribution in [3.63, 3.8) is 0 Å². The molecule has 0 spiro atoms. The standard InChI is InChI=1S/C12H16N4OS/c1-4-13-11(12-8(2)15-16-18-12)10-9(17-3)6-5-7-14-10/h5-7,11,13H,4H2,1-3H3. The van der Waals surface area contributed by atoms with Crippen molar-refractivity contribution in [1.82, 2.24) is 19.9 Å². The van der Waals surface area contributed by atoms with E-state index in [1.807, 2.05) is 19.1 Å². The molecule has 0 fully saturated rings. The lowest BCUT2D eigenvalue weighted by Crippen LogP contribution is -2.23. The minimum absolute atomic E-state index is 0.0221. The molecule has 0 aliphatic carbocycles. The summed E-state index contributed by atoms with van der Waals surface area (Å²) in [6, 6.07) is 3.76. The second-order valence-corrected chi connectivity index (χ2v) is 4.59. The smallest absolute Gasteiger partial charge is 0.142 e. The highest BCUT2D eigenvalue weighted by Crippen LogP contribution is 2.30. The molecule has 0 radical (unpaired) electrons. The van der Waals surface area contributed by atoms with Gasteiger partial charge in [0.15, 0.2) is 0 Å². The monoisotopic (exact) mass is 264 g/mol. The Bertz CT molecular complexity index is 514. The minimum Gasteiger partial charge on any atom is -0.495 e. The topological polar surface area (TPSA) is 59.9 Å². The summed E-state index contributed by atoms with van der Waals surface area (Å²) in [5.74, 6) is 0.774. The van der Waals surface area contributed by atoms with Gasteiger partial charge in [-0.25, -0.2) is 0 Å². The van der Waals surface area contributed by atoms with Crippen LogP contribution in [0.5, 0.6) is 5.75 Å². The quantitative estimate of drug-likeness (QED) is 0.894. The van der Waals surface area contributed by atoms with Crippen LogP contribution in [-0.4, -0.2) is 28.2 Å². The van der Waals surface area contributed by atoms with Crippen LogP contribution in [-0.2, 0) is 0 Å². The Morgan fingerprint density at radius 2 is 2.33 bits per heavy atom. The van der Waals surface area contributed by atoms with E-state index in [-0.39, 0.29) is 6.04 Å². The number of hydrogen-bond acceptors (Lipinski definition) is 6. The van der Waals surface area contributed by atoms with Crippen molar-refractivity contribution in [3.05, 3.63) is 34.6 Å². The van der Waals surface area contributed by atoms with Crippen LogP contribution in [0.15, 0.2) is 18.3 Å². The Balaban J connectivity index is 2.45. The van der Waals surface area contributed by atoms with Gasteiger partial charge < -0.3 is 10.1 Å². The molecule has 0 bridgehead atoms. The van der Waals surface area contributed by atoms with Gasteiger partial charge in [0.25, 0.3) is 0 Å². The summed E-state index contributed by atoms with van der Waals surface area (Å²) in [5, 5.41) is 7.47. The fraction of sp³-hybridized carbons (Fsp3) is 0.417. The first kappa shape index (κ1) is 12.9. The summed E-state index contributed by atoms with van der Waals surface area (Å²) in [6.07, 6.45) is 1.77. The number of nitrogens with zero attached hydrogens (tertiary/aromatic N) is 3. The van der Waals surface area contributed by atoms with Gasteiger partial charge >= 0.3 is 0 Å². The highest BCUT2D eigenvalue weighted by atomic mass is 32.1. The normalized spacial score (nSPS) is 12.4. The number of methoxy groups -OCH3 is 1. The van der Waals surface area contributed by atoms with Crippen molar-refractivity contribution in [3.8, 4) is 5.75 Å². The van der Waals surface area contributed by atoms with E-state index in [0.717, 1.165) is 28.6 Å². The number of pyridine rings is 1. The van der Waals surface area contributed by atoms with Crippen molar-refractivity contribution in [2.75, 3.05) is 13.7 Å². The summed E-state index contributed by atoms with van der Waals surface area (Å²) in [7, 11) is 1.65. The zero-order valence-electron chi connectivity index (χ0n) is 10.7. The first-order chi connectivity index (χ1) is 8.77. The molecule has 18 heavy (non-hydrogen) atoms. The average Bonchev–Trinajstić information content (AvgIpc) is 2.82. The van der Waals surface area contributed by atoms with Crippen molar-refractivity contribution in [1.29, 1.82) is 0 Å². The highest BCUT2D eigenvalue weighted by molar-refractivity contribution is 7.05. The van der Waals surface area contributed by atoms with E-state index in [0.29, 0.717) is 0 Å². The van der Waals surface area contributed by atoms with Gasteiger partial charge in [0, 0.05) is 6.20 Å². The molecule has 0 aliphatic heterocycles. The Labute approximate surface area is 110 Å². The lowest BCUT2D eigenvalue weighted by atomic mass is 10.1. The summed E-state index contributed by atoms with van der Waals surface area (Å²) < 4.78 is 9.36. The molecule has 96 valence electrons. The Morgan fingerprint density at radius 1 is 1.50 bits per heavy atom. The lowest BCUT2D eigenvalue weighted by Gasteiger charge is -2.18. The minimum atomic E-state index is -0.0221. The molecule has 0 aliphatic rings. The molecule has 5 nitrogen and oxygen atoms in total. The van der Waals surface area contributed by atoms with E-state index in [9.17, 15) is 0 Å². The van der Waals surface area contributed by atoms with E-state index in [1.165, 1.54) is 11.5 Å². The van der Waals surface area contributed by atoms with E-state index in [1.54, 1.807) is 13.3 Å². The van der Waals surface area contributed by atoms with Gasteiger partial charge in [-0.3, -0.25) is 4.98 Å². The maximum atomic E-state index is 5.37. The zero-order chi connectivity index (χ0) is 13.0. The lowest BCUT2D eigenvalue weighted by molar-refractivity contribution is 0.400. The van der Waals surface area contributed by atoms with Crippen LogP contribution >= 0.6 is 11.5 Å². The van der Waals surface area contributed by atoms with Crippen molar-refractivity contribution >= 4 is 11.5 Å². The van der Waals surface area contributed by atoms with Crippen molar-refractivity contribution < 1.29 is 4.74 Å². The van der Waals surface area contributed by atoms with Gasteiger partial charge in [-0.15, -0.1) is 5.10 Å². The predicted molar refractivity (Wildman–Crippen MR) is 71.0 cm³/mol. The van der Waals surface area contributed by atoms with Crippen LogP contribution in [0.25, 0.3) is 0 Å². The fourth-order valence-corrected chi connectivity index (χ4v) is 2.54. The summed E-state index contributed by atoms with van der Waals surface area (Å²) in [4.78, 5) is 5.51. The third-order valence-corrected chi connectivity index (χ3v) is 3.54. The molecule has 0 saturated heterocycles. The highest BCUT2D eigenvalue weighted by Gasteiger charge is 2.22. The molecule has 2 rings (SSSR count). The maximum Gasteiger partial charge on any atom is 0.142 e. The van der Waals surface area contributed by atoms with Crippen LogP contribution in [0.1, 0.15) is 29.2 Å². The molecule has 6 heteroatoms. The Kier molecular flexibility index (Phi) is 4.22. The van der Waals surface area contributed by atoms with Gasteiger partial charge in [0.1, 0.15) is 11.4 Å². The molecule has 2 aromatic heterocycles. The largest absolute Gasteiger partial charge is 0.495 e. The molecule has 1 unspecified atom stereocenters. The van der Waals surface area contributed by atoms with Crippen LogP contribution < -0.4 is 10.1 Å². The molecule has 2 heterocycles. The van der Waals surface area contributed by atoms with E-state index in [4.69, 9.17) is 4.74 Å². The number of rotatable bonds is 5. The first-order valence-electron chi connectivity index (χ1n) is 5.79. The van der Waals surface area contributed by atoms with Gasteiger partial charge in [0.05, 0.1) is 23.7 Å². The molecule has 0 amide bonds. The van der Waals surface area contributed by atoms with E-state index < -0.39 is 0 Å². The van der Waals surface area contributed by atoms with Gasteiger partial charge in [0.2, 0.25) is 0 Å². The zero-order valence-corrected chi connectivity index (χ0v) is 11.5. The van der Waals surface area contributed by atoms with Crippen LogP contribution in [0.2, 0.25) is 0 Å². The molecular formula is C12H16N4OS. The van der Waals surface area contributed by atoms with Gasteiger partial charge in [-0.2, -0.15) is 0 Å². The average molecular weight is 264 g/mol. The number of aryl methyl sites for hydroxylation is 1. The maximum absolute atomic E-state index is 5.37. The summed E-state index contributed by atoms with van der Waals surface area (Å²) in [6.45, 7) is 4.85. The molecule has 1 N–H and O–H groups in total. The first-order valence-corrected chi connectivity index (χ1v) is 6.56. The number of nitrogens with one attached hydrogen (secondary N) is 1. The summed E-state index contributed by atoms with van der Waals surface area (Å²) >= 11 is 1.39. The second kappa shape index (κ2) is 5.88. The molecule has 2 aromatic rings. The fourth-order valence-electron chi connectivity index (χ4n) is 1.81. The Hall–Kier alpha value is -1.53. The number of aromatic nitrogens is 3. The molecule has 1 atom stereocenters. The number of hydrogen-bond donors (Lipinski definition) is 1. The molecule has 0 aromatic carbocycles. The van der Waals surface area contributed by atoms with Crippen molar-refractivity contribution in [2.45, 2.75) is 19.9 Å². The van der Waals surface area contributed by atoms with Gasteiger partial charge in [-0.1, -0.05) is 11.4 Å². The SMILES string of the molecule is CCNC(c1ncccc1OC)c1snnc1C. The Morgan fingerprint density at radius 3 is 2.94 bits per heavy atom. The van der Waals surface area contributed by atoms with Crippen LogP contribution in [0.3, 0.4) is 0 Å². The van der Waals surface area contributed by atoms with E-state index in [2.05, 4.69) is 26.8 Å². The van der Waals surface area contributed by atoms with Crippen LogP contribution in [0, 0.1) is 6.92 Å². The summed E-state index contributed by atoms with van der Waals surface area (Å²) in [5.41, 5.74) is 1.80. The van der Waals surface area contributed by atoms with Crippen molar-refractivity contribution in [2.24, 2.45) is 0 Å². The third-order valence-electron chi connectivity index (χ3n) is 2.65. The third kappa shape index (κ3) is 2.49. The molecule has 0 saturated carbocycles. The van der Waals surface area contributed by atoms with Gasteiger partial charge in [-0.05, 0) is 37.1 Å². The van der Waals surface area contributed by atoms with E-state index >= 15 is 0 Å². The predicted octanol–water partition coefficient (Wildman–Crippen LogP) is 1.95. The molecular weight excluding hydrogens is 248 g/mol. The second-order valence-electron chi connectivity index (χ2n) is 3.80. The number of ether oxygens (including phenoxy) is 1.